The molecule has 1 atom stereocenters. The van der Waals surface area contributed by atoms with Crippen LogP contribution < -0.4 is 0 Å². The fourth-order valence-corrected chi connectivity index (χ4v) is 3.58. The standard InChI is InChI=1S/C24H42O/c1-10-16-24(15-6,17-11-2)25-23(14-5)21(9)18-22(19(7)12-3)20(8)13-4/h12-13,23H,3,9-11,14-18H2,1-2,4-8H3. The quantitative estimate of drug-likeness (QED) is 0.243. The summed E-state index contributed by atoms with van der Waals surface area (Å²) in [6.07, 6.45) is 11.7. The Morgan fingerprint density at radius 2 is 1.64 bits per heavy atom. The number of hydrogen-bond acceptors (Lipinski definition) is 1. The third kappa shape index (κ3) is 7.36. The van der Waals surface area contributed by atoms with Crippen LogP contribution in [0.15, 0.2) is 47.6 Å². The summed E-state index contributed by atoms with van der Waals surface area (Å²) in [6.45, 7) is 23.7. The maximum Gasteiger partial charge on any atom is 0.0790 e. The molecular weight excluding hydrogens is 304 g/mol. The number of hydrogen-bond donors (Lipinski definition) is 0. The molecule has 0 aliphatic carbocycles. The molecule has 1 nitrogen and oxygen atoms in total. The highest BCUT2D eigenvalue weighted by Crippen LogP contribution is 2.34. The lowest BCUT2D eigenvalue weighted by atomic mass is 9.88. The normalized spacial score (nSPS) is 14.9. The zero-order chi connectivity index (χ0) is 19.5. The molecule has 0 aromatic carbocycles. The average molecular weight is 347 g/mol. The molecule has 0 spiro atoms. The monoisotopic (exact) mass is 346 g/mol. The van der Waals surface area contributed by atoms with Gasteiger partial charge in [-0.1, -0.05) is 71.4 Å². The second-order valence-corrected chi connectivity index (χ2v) is 7.22. The molecule has 0 radical (unpaired) electrons. The molecule has 0 amide bonds. The van der Waals surface area contributed by atoms with Crippen LogP contribution in [0.1, 0.15) is 93.4 Å². The van der Waals surface area contributed by atoms with Crippen molar-refractivity contribution in [2.45, 2.75) is 105 Å². The highest BCUT2D eigenvalue weighted by Gasteiger charge is 2.31. The van der Waals surface area contributed by atoms with Crippen molar-refractivity contribution >= 4 is 0 Å². The van der Waals surface area contributed by atoms with Gasteiger partial charge in [0.25, 0.3) is 0 Å². The third-order valence-electron chi connectivity index (χ3n) is 5.37. The van der Waals surface area contributed by atoms with Crippen LogP contribution in [0.2, 0.25) is 0 Å². The lowest BCUT2D eigenvalue weighted by molar-refractivity contribution is -0.0949. The fourth-order valence-electron chi connectivity index (χ4n) is 3.58. The minimum Gasteiger partial charge on any atom is -0.367 e. The highest BCUT2D eigenvalue weighted by molar-refractivity contribution is 5.40. The molecule has 25 heavy (non-hydrogen) atoms. The predicted molar refractivity (Wildman–Crippen MR) is 114 cm³/mol. The Morgan fingerprint density at radius 1 is 1.08 bits per heavy atom. The number of rotatable bonds is 13. The van der Waals surface area contributed by atoms with E-state index in [2.05, 4.69) is 67.7 Å². The summed E-state index contributed by atoms with van der Waals surface area (Å²) in [4.78, 5) is 0. The van der Waals surface area contributed by atoms with Crippen molar-refractivity contribution in [3.05, 3.63) is 47.6 Å². The molecule has 0 N–H and O–H groups in total. The second-order valence-electron chi connectivity index (χ2n) is 7.22. The van der Waals surface area contributed by atoms with Crippen molar-refractivity contribution < 1.29 is 4.74 Å². The van der Waals surface area contributed by atoms with Gasteiger partial charge in [0.15, 0.2) is 0 Å². The van der Waals surface area contributed by atoms with Gasteiger partial charge in [-0.15, -0.1) is 0 Å². The zero-order valence-electron chi connectivity index (χ0n) is 18.0. The molecule has 0 aliphatic heterocycles. The summed E-state index contributed by atoms with van der Waals surface area (Å²) >= 11 is 0. The molecule has 0 aromatic heterocycles. The number of allylic oxidation sites excluding steroid dienone is 5. The van der Waals surface area contributed by atoms with E-state index in [1.54, 1.807) is 0 Å². The van der Waals surface area contributed by atoms with Crippen LogP contribution in [0.4, 0.5) is 0 Å². The van der Waals surface area contributed by atoms with Crippen LogP contribution in [0.5, 0.6) is 0 Å². The maximum absolute atomic E-state index is 6.74. The number of ether oxygens (including phenoxy) is 1. The Bertz CT molecular complexity index is 472. The smallest absolute Gasteiger partial charge is 0.0790 e. The van der Waals surface area contributed by atoms with Gasteiger partial charge in [-0.2, -0.15) is 0 Å². The first kappa shape index (κ1) is 23.9. The molecular formula is C24H42O. The van der Waals surface area contributed by atoms with Crippen LogP contribution in [0, 0.1) is 0 Å². The first-order valence-corrected chi connectivity index (χ1v) is 10.1. The molecule has 0 fully saturated rings. The van der Waals surface area contributed by atoms with Crippen molar-refractivity contribution in [2.75, 3.05) is 0 Å². The van der Waals surface area contributed by atoms with E-state index in [9.17, 15) is 0 Å². The van der Waals surface area contributed by atoms with Crippen LogP contribution in [-0.2, 0) is 4.74 Å². The van der Waals surface area contributed by atoms with Gasteiger partial charge < -0.3 is 4.74 Å². The third-order valence-corrected chi connectivity index (χ3v) is 5.37. The summed E-state index contributed by atoms with van der Waals surface area (Å²) in [7, 11) is 0. The van der Waals surface area contributed by atoms with Gasteiger partial charge in [0.1, 0.15) is 0 Å². The topological polar surface area (TPSA) is 9.23 Å². The lowest BCUT2D eigenvalue weighted by Crippen LogP contribution is -2.37. The van der Waals surface area contributed by atoms with Crippen LogP contribution >= 0.6 is 0 Å². The van der Waals surface area contributed by atoms with E-state index < -0.39 is 0 Å². The van der Waals surface area contributed by atoms with E-state index in [0.29, 0.717) is 0 Å². The summed E-state index contributed by atoms with van der Waals surface area (Å²) in [5.41, 5.74) is 5.05. The summed E-state index contributed by atoms with van der Waals surface area (Å²) < 4.78 is 6.74. The minimum absolute atomic E-state index is 0.000115. The zero-order valence-corrected chi connectivity index (χ0v) is 18.0. The van der Waals surface area contributed by atoms with E-state index >= 15 is 0 Å². The molecule has 0 aliphatic rings. The minimum atomic E-state index is 0.000115. The van der Waals surface area contributed by atoms with Crippen molar-refractivity contribution in [3.8, 4) is 0 Å². The van der Waals surface area contributed by atoms with E-state index in [4.69, 9.17) is 4.74 Å². The van der Waals surface area contributed by atoms with E-state index in [-0.39, 0.29) is 11.7 Å². The molecule has 1 heteroatoms. The largest absolute Gasteiger partial charge is 0.367 e. The van der Waals surface area contributed by atoms with Gasteiger partial charge in [0, 0.05) is 0 Å². The van der Waals surface area contributed by atoms with Crippen LogP contribution in [0.25, 0.3) is 0 Å². The van der Waals surface area contributed by atoms with Crippen molar-refractivity contribution in [2.24, 2.45) is 0 Å². The molecule has 0 saturated carbocycles. The van der Waals surface area contributed by atoms with Gasteiger partial charge >= 0.3 is 0 Å². The Kier molecular flexibility index (Phi) is 11.8. The highest BCUT2D eigenvalue weighted by atomic mass is 16.5. The van der Waals surface area contributed by atoms with Gasteiger partial charge in [-0.05, 0) is 69.6 Å². The summed E-state index contributed by atoms with van der Waals surface area (Å²) in [6, 6.07) is 0. The van der Waals surface area contributed by atoms with Crippen molar-refractivity contribution in [3.63, 3.8) is 0 Å². The maximum atomic E-state index is 6.74. The Morgan fingerprint density at radius 3 is 2.00 bits per heavy atom. The summed E-state index contributed by atoms with van der Waals surface area (Å²) in [5.74, 6) is 0. The van der Waals surface area contributed by atoms with Crippen LogP contribution in [-0.4, -0.2) is 11.7 Å². The predicted octanol–water partition coefficient (Wildman–Crippen LogP) is 7.95. The van der Waals surface area contributed by atoms with E-state index in [1.165, 1.54) is 22.3 Å². The molecule has 0 saturated heterocycles. The molecule has 0 heterocycles. The molecule has 0 aromatic rings. The molecule has 144 valence electrons. The molecule has 0 bridgehead atoms. The van der Waals surface area contributed by atoms with Gasteiger partial charge in [-0.3, -0.25) is 0 Å². The molecule has 0 rings (SSSR count). The molecule has 1 unspecified atom stereocenters. The second kappa shape index (κ2) is 12.3. The van der Waals surface area contributed by atoms with Gasteiger partial charge in [-0.25, -0.2) is 0 Å². The Labute approximate surface area is 157 Å². The van der Waals surface area contributed by atoms with Crippen LogP contribution in [0.3, 0.4) is 0 Å². The van der Waals surface area contributed by atoms with E-state index in [0.717, 1.165) is 44.9 Å². The van der Waals surface area contributed by atoms with Gasteiger partial charge in [0.2, 0.25) is 0 Å². The first-order chi connectivity index (χ1) is 11.8. The Hall–Kier alpha value is -1.08. The van der Waals surface area contributed by atoms with E-state index in [1.807, 2.05) is 6.08 Å². The first-order valence-electron chi connectivity index (χ1n) is 10.1. The SMILES string of the molecule is C=CC(C)=C(CC(=C)C(CC)OC(CC)(CCC)CCC)C(C)=CC. The Balaban J connectivity index is 5.45. The van der Waals surface area contributed by atoms with Crippen molar-refractivity contribution in [1.29, 1.82) is 0 Å². The summed E-state index contributed by atoms with van der Waals surface area (Å²) in [5, 5.41) is 0. The average Bonchev–Trinajstić information content (AvgIpc) is 2.62. The fraction of sp³-hybridized carbons (Fsp3) is 0.667. The van der Waals surface area contributed by atoms with Gasteiger partial charge in [0.05, 0.1) is 11.7 Å². The lowest BCUT2D eigenvalue weighted by Gasteiger charge is -2.37. The van der Waals surface area contributed by atoms with Crippen molar-refractivity contribution in [1.82, 2.24) is 0 Å².